The first-order chi connectivity index (χ1) is 10.5. The minimum atomic E-state index is -3.25. The van der Waals surface area contributed by atoms with E-state index in [2.05, 4.69) is 5.32 Å². The van der Waals surface area contributed by atoms with Gasteiger partial charge in [-0.3, -0.25) is 5.32 Å². The molecule has 0 unspecified atom stereocenters. The fourth-order valence-corrected chi connectivity index (χ4v) is 3.20. The fraction of sp³-hybridized carbons (Fsp3) is 0.188. The first kappa shape index (κ1) is 16.0. The highest BCUT2D eigenvalue weighted by atomic mass is 32.2. The summed E-state index contributed by atoms with van der Waals surface area (Å²) in [5.74, 6) is 0.540. The monoisotopic (exact) mass is 319 g/mol. The van der Waals surface area contributed by atoms with Gasteiger partial charge in [0.2, 0.25) is 0 Å². The SMILES string of the molecule is CCCS(=O)(=O)c1ccc(NC(=O)Oc2ccccc2)cc1. The van der Waals surface area contributed by atoms with Crippen molar-refractivity contribution in [2.75, 3.05) is 11.1 Å². The molecule has 0 saturated heterocycles. The summed E-state index contributed by atoms with van der Waals surface area (Å²) in [5.41, 5.74) is 0.469. The van der Waals surface area contributed by atoms with Gasteiger partial charge >= 0.3 is 6.09 Å². The Balaban J connectivity index is 2.01. The molecule has 0 fully saturated rings. The summed E-state index contributed by atoms with van der Waals surface area (Å²) in [6.45, 7) is 1.81. The molecule has 0 atom stereocenters. The third-order valence-electron chi connectivity index (χ3n) is 2.89. The van der Waals surface area contributed by atoms with Crippen LogP contribution in [0.4, 0.5) is 10.5 Å². The van der Waals surface area contributed by atoms with Crippen LogP contribution in [-0.2, 0) is 9.84 Å². The summed E-state index contributed by atoms with van der Waals surface area (Å²) >= 11 is 0. The van der Waals surface area contributed by atoms with E-state index in [1.54, 1.807) is 24.3 Å². The Morgan fingerprint density at radius 2 is 1.68 bits per heavy atom. The van der Waals surface area contributed by atoms with Crippen molar-refractivity contribution in [3.63, 3.8) is 0 Å². The molecule has 6 heteroatoms. The van der Waals surface area contributed by atoms with E-state index in [4.69, 9.17) is 4.74 Å². The predicted octanol–water partition coefficient (Wildman–Crippen LogP) is 3.48. The van der Waals surface area contributed by atoms with Crippen LogP contribution in [0.15, 0.2) is 59.5 Å². The van der Waals surface area contributed by atoms with Crippen molar-refractivity contribution in [3.05, 3.63) is 54.6 Å². The van der Waals surface area contributed by atoms with E-state index in [-0.39, 0.29) is 10.6 Å². The third kappa shape index (κ3) is 4.33. The summed E-state index contributed by atoms with van der Waals surface area (Å²) in [4.78, 5) is 12.0. The smallest absolute Gasteiger partial charge is 0.410 e. The van der Waals surface area contributed by atoms with Gasteiger partial charge in [0.15, 0.2) is 9.84 Å². The van der Waals surface area contributed by atoms with Gasteiger partial charge in [-0.25, -0.2) is 13.2 Å². The summed E-state index contributed by atoms with van der Waals surface area (Å²) < 4.78 is 28.9. The van der Waals surface area contributed by atoms with Crippen LogP contribution < -0.4 is 10.1 Å². The van der Waals surface area contributed by atoms with Crippen molar-refractivity contribution in [3.8, 4) is 5.75 Å². The Bertz CT molecular complexity index is 725. The van der Waals surface area contributed by atoms with Gasteiger partial charge in [-0.2, -0.15) is 0 Å². The van der Waals surface area contributed by atoms with Gasteiger partial charge in [0.1, 0.15) is 5.75 Å². The standard InChI is InChI=1S/C16H17NO4S/c1-2-12-22(19,20)15-10-8-13(9-11-15)17-16(18)21-14-6-4-3-5-7-14/h3-11H,2,12H2,1H3,(H,17,18). The van der Waals surface area contributed by atoms with Gasteiger partial charge in [-0.1, -0.05) is 25.1 Å². The minimum absolute atomic E-state index is 0.107. The van der Waals surface area contributed by atoms with Crippen LogP contribution in [0.25, 0.3) is 0 Å². The molecule has 0 aromatic heterocycles. The Kier molecular flexibility index (Phi) is 5.16. The van der Waals surface area contributed by atoms with Crippen LogP contribution in [0.3, 0.4) is 0 Å². The first-order valence-electron chi connectivity index (χ1n) is 6.88. The van der Waals surface area contributed by atoms with Gasteiger partial charge in [0.25, 0.3) is 0 Å². The normalized spacial score (nSPS) is 11.0. The number of carbonyl (C=O) groups is 1. The van der Waals surface area contributed by atoms with Gasteiger partial charge in [-0.05, 0) is 42.8 Å². The number of ether oxygens (including phenoxy) is 1. The number of carbonyl (C=O) groups excluding carboxylic acids is 1. The fourth-order valence-electron chi connectivity index (χ4n) is 1.87. The second-order valence-corrected chi connectivity index (χ2v) is 6.78. The number of hydrogen-bond acceptors (Lipinski definition) is 4. The number of hydrogen-bond donors (Lipinski definition) is 1. The zero-order chi connectivity index (χ0) is 16.0. The Morgan fingerprint density at radius 3 is 2.27 bits per heavy atom. The van der Waals surface area contributed by atoms with Gasteiger partial charge in [-0.15, -0.1) is 0 Å². The molecule has 1 amide bonds. The maximum absolute atomic E-state index is 11.9. The quantitative estimate of drug-likeness (QED) is 0.915. The van der Waals surface area contributed by atoms with Crippen LogP contribution in [0.2, 0.25) is 0 Å². The molecular weight excluding hydrogens is 302 g/mol. The molecule has 2 aromatic rings. The Labute approximate surface area is 129 Å². The topological polar surface area (TPSA) is 72.5 Å². The lowest BCUT2D eigenvalue weighted by Gasteiger charge is -2.07. The molecule has 0 heterocycles. The molecule has 2 rings (SSSR count). The molecule has 0 saturated carbocycles. The molecule has 0 spiro atoms. The number of rotatable bonds is 5. The van der Waals surface area contributed by atoms with Crippen molar-refractivity contribution >= 4 is 21.6 Å². The highest BCUT2D eigenvalue weighted by Crippen LogP contribution is 2.17. The van der Waals surface area contributed by atoms with E-state index < -0.39 is 15.9 Å². The first-order valence-corrected chi connectivity index (χ1v) is 8.53. The minimum Gasteiger partial charge on any atom is -0.410 e. The zero-order valence-corrected chi connectivity index (χ0v) is 13.0. The number of benzene rings is 2. The number of sulfone groups is 1. The predicted molar refractivity (Wildman–Crippen MR) is 84.9 cm³/mol. The molecule has 0 aliphatic carbocycles. The number of amides is 1. The molecule has 22 heavy (non-hydrogen) atoms. The maximum atomic E-state index is 11.9. The van der Waals surface area contributed by atoms with Crippen molar-refractivity contribution in [2.24, 2.45) is 0 Å². The van der Waals surface area contributed by atoms with Gasteiger partial charge in [0.05, 0.1) is 10.6 Å². The molecule has 116 valence electrons. The molecule has 0 bridgehead atoms. The van der Waals surface area contributed by atoms with Crippen LogP contribution in [0.5, 0.6) is 5.75 Å². The third-order valence-corrected chi connectivity index (χ3v) is 4.82. The molecule has 0 aliphatic heterocycles. The van der Waals surface area contributed by atoms with Gasteiger partial charge < -0.3 is 4.74 Å². The highest BCUT2D eigenvalue weighted by molar-refractivity contribution is 7.91. The van der Waals surface area contributed by atoms with Crippen molar-refractivity contribution in [1.29, 1.82) is 0 Å². The number of para-hydroxylation sites is 1. The van der Waals surface area contributed by atoms with E-state index >= 15 is 0 Å². The lowest BCUT2D eigenvalue weighted by atomic mass is 10.3. The Hall–Kier alpha value is -2.34. The van der Waals surface area contributed by atoms with Crippen molar-refractivity contribution < 1.29 is 17.9 Å². The zero-order valence-electron chi connectivity index (χ0n) is 12.2. The number of nitrogens with one attached hydrogen (secondary N) is 1. The van der Waals surface area contributed by atoms with Crippen molar-refractivity contribution in [2.45, 2.75) is 18.2 Å². The average Bonchev–Trinajstić information content (AvgIpc) is 2.48. The van der Waals surface area contributed by atoms with E-state index in [0.717, 1.165) is 0 Å². The largest absolute Gasteiger partial charge is 0.417 e. The summed E-state index contributed by atoms with van der Waals surface area (Å²) in [7, 11) is -3.25. The van der Waals surface area contributed by atoms with Crippen LogP contribution in [0, 0.1) is 0 Å². The Morgan fingerprint density at radius 1 is 1.05 bits per heavy atom. The summed E-state index contributed by atoms with van der Waals surface area (Å²) in [5, 5.41) is 2.55. The van der Waals surface area contributed by atoms with Crippen LogP contribution in [-0.4, -0.2) is 20.3 Å². The average molecular weight is 319 g/mol. The molecule has 5 nitrogen and oxygen atoms in total. The van der Waals surface area contributed by atoms with E-state index in [1.807, 2.05) is 13.0 Å². The highest BCUT2D eigenvalue weighted by Gasteiger charge is 2.13. The van der Waals surface area contributed by atoms with Crippen LogP contribution >= 0.6 is 0 Å². The second-order valence-electron chi connectivity index (χ2n) is 4.67. The molecular formula is C16H17NO4S. The van der Waals surface area contributed by atoms with E-state index in [9.17, 15) is 13.2 Å². The lowest BCUT2D eigenvalue weighted by molar-refractivity contribution is 0.215. The van der Waals surface area contributed by atoms with Gasteiger partial charge in [0, 0.05) is 5.69 Å². The van der Waals surface area contributed by atoms with Crippen LogP contribution in [0.1, 0.15) is 13.3 Å². The second kappa shape index (κ2) is 7.09. The number of anilines is 1. The maximum Gasteiger partial charge on any atom is 0.417 e. The molecule has 0 aliphatic rings. The van der Waals surface area contributed by atoms with E-state index in [1.165, 1.54) is 24.3 Å². The summed E-state index contributed by atoms with van der Waals surface area (Å²) in [6.07, 6.45) is -0.0680. The molecule has 2 aromatic carbocycles. The molecule has 1 N–H and O–H groups in total. The van der Waals surface area contributed by atoms with Crippen molar-refractivity contribution in [1.82, 2.24) is 0 Å². The van der Waals surface area contributed by atoms with E-state index in [0.29, 0.717) is 17.9 Å². The lowest BCUT2D eigenvalue weighted by Crippen LogP contribution is -2.16. The molecule has 0 radical (unpaired) electrons. The summed E-state index contributed by atoms with van der Waals surface area (Å²) in [6, 6.07) is 14.7.